The number of thioether (sulfide) groups is 1. The van der Waals surface area contributed by atoms with Gasteiger partial charge in [-0.1, -0.05) is 23.9 Å². The number of rotatable bonds is 4. The fourth-order valence-corrected chi connectivity index (χ4v) is 5.31. The van der Waals surface area contributed by atoms with E-state index in [9.17, 15) is 9.18 Å². The first kappa shape index (κ1) is 16.6. The van der Waals surface area contributed by atoms with Crippen molar-refractivity contribution >= 4 is 39.5 Å². The number of nitrogens with one attached hydrogen (secondary N) is 1. The van der Waals surface area contributed by atoms with Gasteiger partial charge in [-0.05, 0) is 43.1 Å². The van der Waals surface area contributed by atoms with Crippen LogP contribution in [0.2, 0.25) is 0 Å². The molecule has 0 amide bonds. The third-order valence-corrected chi connectivity index (χ3v) is 6.66. The van der Waals surface area contributed by atoms with Crippen molar-refractivity contribution in [3.05, 3.63) is 41.8 Å². The summed E-state index contributed by atoms with van der Waals surface area (Å²) >= 11 is 3.16. The Morgan fingerprint density at radius 1 is 1.32 bits per heavy atom. The molecule has 1 saturated heterocycles. The van der Waals surface area contributed by atoms with E-state index in [-0.39, 0.29) is 5.82 Å². The molecule has 3 aromatic rings. The van der Waals surface area contributed by atoms with Crippen LogP contribution < -0.4 is 5.32 Å². The maximum absolute atomic E-state index is 13.6. The second kappa shape index (κ2) is 7.19. The summed E-state index contributed by atoms with van der Waals surface area (Å²) in [5, 5.41) is 14.0. The lowest BCUT2D eigenvalue weighted by Gasteiger charge is -2.21. The molecular weight excluding hydrogens is 357 g/mol. The fraction of sp³-hybridized carbons (Fsp3) is 0.278. The average Bonchev–Trinajstić information content (AvgIpc) is 3.09. The lowest BCUT2D eigenvalue weighted by Crippen LogP contribution is -2.31. The number of fused-ring (bicyclic) bond motifs is 1. The number of hydrogen-bond acceptors (Lipinski definition) is 6. The molecule has 0 radical (unpaired) electrons. The molecular formula is C18H16FN3OS2. The number of hydrogen-bond donors (Lipinski definition) is 1. The first-order valence-electron chi connectivity index (χ1n) is 8.13. The average molecular weight is 373 g/mol. The molecule has 1 atom stereocenters. The second-order valence-electron chi connectivity index (χ2n) is 5.96. The largest absolute Gasteiger partial charge is 0.316 e. The van der Waals surface area contributed by atoms with Gasteiger partial charge in [0.1, 0.15) is 16.5 Å². The van der Waals surface area contributed by atoms with Gasteiger partial charge in [-0.3, -0.25) is 4.79 Å². The summed E-state index contributed by atoms with van der Waals surface area (Å²) in [6.45, 7) is 2.01. The lowest BCUT2D eigenvalue weighted by molar-refractivity contribution is 0.111. The minimum absolute atomic E-state index is 0.273. The lowest BCUT2D eigenvalue weighted by atomic mass is 10.1. The van der Waals surface area contributed by atoms with Crippen LogP contribution in [0.3, 0.4) is 0 Å². The van der Waals surface area contributed by atoms with Crippen molar-refractivity contribution in [2.75, 3.05) is 13.1 Å². The van der Waals surface area contributed by atoms with Crippen molar-refractivity contribution < 1.29 is 9.18 Å². The van der Waals surface area contributed by atoms with Gasteiger partial charge in [0.25, 0.3) is 0 Å². The molecule has 1 aromatic carbocycles. The molecule has 0 saturated carbocycles. The van der Waals surface area contributed by atoms with Crippen LogP contribution in [-0.2, 0) is 0 Å². The van der Waals surface area contributed by atoms with Crippen LogP contribution in [-0.4, -0.2) is 34.8 Å². The zero-order valence-corrected chi connectivity index (χ0v) is 15.0. The van der Waals surface area contributed by atoms with E-state index in [1.807, 2.05) is 12.1 Å². The smallest absolute Gasteiger partial charge is 0.171 e. The van der Waals surface area contributed by atoms with E-state index in [0.29, 0.717) is 10.9 Å². The Kier molecular flexibility index (Phi) is 4.78. The Bertz CT molecular complexity index is 922. The van der Waals surface area contributed by atoms with Gasteiger partial charge in [0.2, 0.25) is 0 Å². The molecule has 1 aliphatic heterocycles. The zero-order chi connectivity index (χ0) is 17.2. The molecule has 4 rings (SSSR count). The van der Waals surface area contributed by atoms with Crippen molar-refractivity contribution in [3.63, 3.8) is 0 Å². The normalized spacial score (nSPS) is 17.7. The van der Waals surface area contributed by atoms with Crippen molar-refractivity contribution in [3.8, 4) is 10.4 Å². The Labute approximate surface area is 152 Å². The van der Waals surface area contributed by atoms with Gasteiger partial charge in [-0.2, -0.15) is 0 Å². The predicted molar refractivity (Wildman–Crippen MR) is 99.9 cm³/mol. The van der Waals surface area contributed by atoms with Crippen LogP contribution >= 0.6 is 23.1 Å². The van der Waals surface area contributed by atoms with Gasteiger partial charge in [-0.25, -0.2) is 4.39 Å². The number of carbonyl (C=O) groups excluding carboxylic acids is 1. The van der Waals surface area contributed by atoms with Crippen molar-refractivity contribution in [1.82, 2.24) is 15.5 Å². The SMILES string of the molecule is O=Cc1nnc(SC2CCCNC2)c2cc(-c3cccc(F)c3)sc12. The molecule has 2 aromatic heterocycles. The van der Waals surface area contributed by atoms with E-state index in [2.05, 4.69) is 15.5 Å². The molecule has 0 spiro atoms. The molecule has 4 nitrogen and oxygen atoms in total. The van der Waals surface area contributed by atoms with Crippen LogP contribution in [0.5, 0.6) is 0 Å². The minimum Gasteiger partial charge on any atom is -0.316 e. The third-order valence-electron chi connectivity index (χ3n) is 4.19. The number of carbonyl (C=O) groups is 1. The van der Waals surface area contributed by atoms with E-state index < -0.39 is 0 Å². The predicted octanol–water partition coefficient (Wildman–Crippen LogP) is 4.15. The summed E-state index contributed by atoms with van der Waals surface area (Å²) in [6, 6.07) is 8.48. The highest BCUT2D eigenvalue weighted by molar-refractivity contribution is 8.00. The second-order valence-corrected chi connectivity index (χ2v) is 8.30. The highest BCUT2D eigenvalue weighted by Crippen LogP contribution is 2.39. The number of thiophene rings is 1. The number of nitrogens with zero attached hydrogens (tertiary/aromatic N) is 2. The fourth-order valence-electron chi connectivity index (χ4n) is 2.97. The van der Waals surface area contributed by atoms with Crippen LogP contribution in [0.1, 0.15) is 23.3 Å². The Morgan fingerprint density at radius 2 is 2.24 bits per heavy atom. The first-order valence-corrected chi connectivity index (χ1v) is 9.83. The summed E-state index contributed by atoms with van der Waals surface area (Å²) < 4.78 is 14.4. The van der Waals surface area contributed by atoms with Crippen molar-refractivity contribution in [2.24, 2.45) is 0 Å². The third kappa shape index (κ3) is 3.44. The van der Waals surface area contributed by atoms with Crippen LogP contribution in [0, 0.1) is 5.82 Å². The Balaban J connectivity index is 1.77. The summed E-state index contributed by atoms with van der Waals surface area (Å²) in [6.07, 6.45) is 3.02. The molecule has 0 aliphatic carbocycles. The molecule has 0 bridgehead atoms. The van der Waals surface area contributed by atoms with E-state index in [0.717, 1.165) is 57.8 Å². The first-order chi connectivity index (χ1) is 12.2. The van der Waals surface area contributed by atoms with E-state index >= 15 is 0 Å². The van der Waals surface area contributed by atoms with E-state index in [1.165, 1.54) is 23.5 Å². The molecule has 1 N–H and O–H groups in total. The van der Waals surface area contributed by atoms with Gasteiger partial charge < -0.3 is 5.32 Å². The summed E-state index contributed by atoms with van der Waals surface area (Å²) in [5.74, 6) is -0.273. The molecule has 128 valence electrons. The van der Waals surface area contributed by atoms with Crippen molar-refractivity contribution in [2.45, 2.75) is 23.1 Å². The maximum Gasteiger partial charge on any atom is 0.171 e. The Morgan fingerprint density at radius 3 is 3.00 bits per heavy atom. The topological polar surface area (TPSA) is 54.9 Å². The standard InChI is InChI=1S/C18H16FN3OS2/c19-12-4-1-3-11(7-12)16-8-14-17(25-16)15(10-23)21-22-18(14)24-13-5-2-6-20-9-13/h1,3-4,7-8,10,13,20H,2,5-6,9H2. The van der Waals surface area contributed by atoms with Gasteiger partial charge in [0, 0.05) is 22.1 Å². The summed E-state index contributed by atoms with van der Waals surface area (Å²) in [5.41, 5.74) is 1.14. The van der Waals surface area contributed by atoms with Gasteiger partial charge >= 0.3 is 0 Å². The van der Waals surface area contributed by atoms with Gasteiger partial charge in [0.05, 0.1) is 4.70 Å². The van der Waals surface area contributed by atoms with E-state index in [1.54, 1.807) is 17.8 Å². The number of aldehydes is 1. The molecule has 1 fully saturated rings. The molecule has 1 aliphatic rings. The maximum atomic E-state index is 13.6. The van der Waals surface area contributed by atoms with Gasteiger partial charge in [-0.15, -0.1) is 21.5 Å². The van der Waals surface area contributed by atoms with Crippen LogP contribution in [0.15, 0.2) is 35.4 Å². The molecule has 1 unspecified atom stereocenters. The Hall–Kier alpha value is -1.83. The number of halogens is 1. The van der Waals surface area contributed by atoms with Crippen molar-refractivity contribution in [1.29, 1.82) is 0 Å². The monoisotopic (exact) mass is 373 g/mol. The summed E-state index contributed by atoms with van der Waals surface area (Å²) in [7, 11) is 0. The van der Waals surface area contributed by atoms with Crippen LogP contribution in [0.4, 0.5) is 4.39 Å². The minimum atomic E-state index is -0.273. The number of aromatic nitrogens is 2. The zero-order valence-electron chi connectivity index (χ0n) is 13.4. The molecule has 3 heterocycles. The van der Waals surface area contributed by atoms with E-state index in [4.69, 9.17) is 0 Å². The molecule has 25 heavy (non-hydrogen) atoms. The number of piperidine rings is 1. The highest BCUT2D eigenvalue weighted by Gasteiger charge is 2.20. The van der Waals surface area contributed by atoms with Crippen LogP contribution in [0.25, 0.3) is 20.5 Å². The summed E-state index contributed by atoms with van der Waals surface area (Å²) in [4.78, 5) is 12.3. The quantitative estimate of drug-likeness (QED) is 0.696. The highest BCUT2D eigenvalue weighted by atomic mass is 32.2. The van der Waals surface area contributed by atoms with Gasteiger partial charge in [0.15, 0.2) is 6.29 Å². The molecule has 7 heteroatoms. The number of benzene rings is 1.